The van der Waals surface area contributed by atoms with Crippen LogP contribution in [0.5, 0.6) is 0 Å². The van der Waals surface area contributed by atoms with Gasteiger partial charge in [-0.05, 0) is 43.2 Å². The summed E-state index contributed by atoms with van der Waals surface area (Å²) >= 11 is 7.27. The molecule has 2 aliphatic heterocycles. The fourth-order valence-corrected chi connectivity index (χ4v) is 5.89. The van der Waals surface area contributed by atoms with Crippen LogP contribution >= 0.6 is 22.9 Å². The molecule has 8 nitrogen and oxygen atoms in total. The molecular formula is C24H26ClN5O3S. The molecule has 0 radical (unpaired) electrons. The van der Waals surface area contributed by atoms with E-state index < -0.39 is 0 Å². The number of piperazine rings is 1. The number of thiophene rings is 1. The van der Waals surface area contributed by atoms with Crippen LogP contribution in [0.4, 0.5) is 5.69 Å². The first-order valence-corrected chi connectivity index (χ1v) is 12.7. The lowest BCUT2D eigenvalue weighted by molar-refractivity contribution is -0.127. The van der Waals surface area contributed by atoms with E-state index in [1.807, 2.05) is 36.1 Å². The van der Waals surface area contributed by atoms with Gasteiger partial charge in [0.2, 0.25) is 5.91 Å². The number of aromatic nitrogens is 2. The van der Waals surface area contributed by atoms with Gasteiger partial charge in [0.15, 0.2) is 0 Å². The van der Waals surface area contributed by atoms with E-state index in [-0.39, 0.29) is 17.4 Å². The molecule has 2 amide bonds. The summed E-state index contributed by atoms with van der Waals surface area (Å²) in [6.45, 7) is 6.15. The Morgan fingerprint density at radius 1 is 1.06 bits per heavy atom. The Kier molecular flexibility index (Phi) is 6.31. The first-order valence-electron chi connectivity index (χ1n) is 11.5. The molecule has 0 unspecified atom stereocenters. The number of rotatable bonds is 5. The third-order valence-corrected chi connectivity index (χ3v) is 8.09. The summed E-state index contributed by atoms with van der Waals surface area (Å²) in [7, 11) is 0. The van der Waals surface area contributed by atoms with Gasteiger partial charge < -0.3 is 14.7 Å². The molecule has 3 aromatic rings. The highest BCUT2D eigenvalue weighted by Gasteiger charge is 2.27. The molecule has 0 bridgehead atoms. The Morgan fingerprint density at radius 2 is 1.79 bits per heavy atom. The lowest BCUT2D eigenvalue weighted by Gasteiger charge is -2.36. The number of likely N-dealkylation sites (tertiary alicyclic amines) is 1. The number of halogens is 1. The van der Waals surface area contributed by atoms with Crippen molar-refractivity contribution in [3.8, 4) is 0 Å². The van der Waals surface area contributed by atoms with Crippen molar-refractivity contribution < 1.29 is 9.59 Å². The van der Waals surface area contributed by atoms with E-state index in [4.69, 9.17) is 11.6 Å². The van der Waals surface area contributed by atoms with Gasteiger partial charge in [-0.25, -0.2) is 4.98 Å². The van der Waals surface area contributed by atoms with E-state index in [2.05, 4.69) is 9.88 Å². The average Bonchev–Trinajstić information content (AvgIpc) is 3.41. The van der Waals surface area contributed by atoms with E-state index in [1.54, 1.807) is 9.47 Å². The lowest BCUT2D eigenvalue weighted by atomic mass is 10.2. The molecule has 5 rings (SSSR count). The average molecular weight is 500 g/mol. The molecule has 178 valence electrons. The SMILES string of the molecule is Cc1c(C(=O)N2CCN(c3ccc(Cl)cc3)CC2)sc2ncn(CCN3CCCC3=O)c(=O)c12. The molecular weight excluding hydrogens is 474 g/mol. The van der Waals surface area contributed by atoms with Gasteiger partial charge in [0, 0.05) is 62.9 Å². The Morgan fingerprint density at radius 3 is 2.47 bits per heavy atom. The van der Waals surface area contributed by atoms with Gasteiger partial charge in [-0.2, -0.15) is 0 Å². The summed E-state index contributed by atoms with van der Waals surface area (Å²) in [5, 5.41) is 1.21. The number of amides is 2. The van der Waals surface area contributed by atoms with Crippen LogP contribution < -0.4 is 10.5 Å². The quantitative estimate of drug-likeness (QED) is 0.539. The van der Waals surface area contributed by atoms with Crippen LogP contribution in [0, 0.1) is 6.92 Å². The van der Waals surface area contributed by atoms with Gasteiger partial charge in [0.1, 0.15) is 4.83 Å². The van der Waals surface area contributed by atoms with Crippen molar-refractivity contribution in [2.24, 2.45) is 0 Å². The minimum Gasteiger partial charge on any atom is -0.368 e. The second-order valence-electron chi connectivity index (χ2n) is 8.72. The largest absolute Gasteiger partial charge is 0.368 e. The molecule has 2 aromatic heterocycles. The third-order valence-electron chi connectivity index (χ3n) is 6.65. The number of hydrogen-bond donors (Lipinski definition) is 0. The van der Waals surface area contributed by atoms with Crippen molar-refractivity contribution in [1.82, 2.24) is 19.4 Å². The molecule has 0 N–H and O–H groups in total. The molecule has 0 atom stereocenters. The van der Waals surface area contributed by atoms with Gasteiger partial charge in [-0.15, -0.1) is 11.3 Å². The van der Waals surface area contributed by atoms with Gasteiger partial charge in [0.25, 0.3) is 11.5 Å². The number of aryl methyl sites for hydroxylation is 1. The Balaban J connectivity index is 1.30. The number of anilines is 1. The maximum atomic E-state index is 13.3. The Hall–Kier alpha value is -2.91. The van der Waals surface area contributed by atoms with Gasteiger partial charge >= 0.3 is 0 Å². The fourth-order valence-electron chi connectivity index (χ4n) is 4.65. The van der Waals surface area contributed by atoms with Crippen LogP contribution in [0.25, 0.3) is 10.2 Å². The number of carbonyl (C=O) groups is 2. The highest BCUT2D eigenvalue weighted by Crippen LogP contribution is 2.29. The zero-order valence-corrected chi connectivity index (χ0v) is 20.6. The number of nitrogens with zero attached hydrogens (tertiary/aromatic N) is 5. The zero-order valence-electron chi connectivity index (χ0n) is 19.0. The van der Waals surface area contributed by atoms with Crippen molar-refractivity contribution in [3.05, 3.63) is 56.4 Å². The van der Waals surface area contributed by atoms with Crippen LogP contribution in [-0.4, -0.2) is 70.4 Å². The normalized spacial score (nSPS) is 16.6. The minimum absolute atomic E-state index is 0.0510. The predicted octanol–water partition coefficient (Wildman–Crippen LogP) is 3.00. The zero-order chi connectivity index (χ0) is 23.8. The maximum Gasteiger partial charge on any atom is 0.264 e. The summed E-state index contributed by atoms with van der Waals surface area (Å²) in [6.07, 6.45) is 2.98. The van der Waals surface area contributed by atoms with Crippen molar-refractivity contribution in [2.75, 3.05) is 44.2 Å². The van der Waals surface area contributed by atoms with Crippen LogP contribution in [0.3, 0.4) is 0 Å². The monoisotopic (exact) mass is 499 g/mol. The Labute approximate surface area is 206 Å². The molecule has 0 spiro atoms. The molecule has 34 heavy (non-hydrogen) atoms. The van der Waals surface area contributed by atoms with E-state index in [1.165, 1.54) is 17.7 Å². The van der Waals surface area contributed by atoms with Crippen molar-refractivity contribution >= 4 is 50.7 Å². The molecule has 4 heterocycles. The lowest BCUT2D eigenvalue weighted by Crippen LogP contribution is -2.48. The first kappa shape index (κ1) is 22.9. The van der Waals surface area contributed by atoms with Crippen LogP contribution in [-0.2, 0) is 11.3 Å². The standard InChI is InChI=1S/C24H26ClN5O3S/c1-16-20-22(26-15-30(23(20)32)14-11-28-8-2-3-19(28)31)34-21(16)24(33)29-12-9-27(10-13-29)18-6-4-17(25)5-7-18/h4-7,15H,2-3,8-14H2,1H3. The highest BCUT2D eigenvalue weighted by molar-refractivity contribution is 7.20. The number of carbonyl (C=O) groups excluding carboxylic acids is 2. The van der Waals surface area contributed by atoms with Crippen LogP contribution in [0.1, 0.15) is 28.1 Å². The van der Waals surface area contributed by atoms with E-state index in [9.17, 15) is 14.4 Å². The van der Waals surface area contributed by atoms with E-state index in [0.717, 1.165) is 31.7 Å². The second-order valence-corrected chi connectivity index (χ2v) is 10.2. The third kappa shape index (κ3) is 4.30. The molecule has 1 aromatic carbocycles. The van der Waals surface area contributed by atoms with Crippen LogP contribution in [0.2, 0.25) is 5.02 Å². The topological polar surface area (TPSA) is 78.8 Å². The first-order chi connectivity index (χ1) is 16.4. The summed E-state index contributed by atoms with van der Waals surface area (Å²) in [5.41, 5.74) is 1.63. The predicted molar refractivity (Wildman–Crippen MR) is 134 cm³/mol. The molecule has 2 aliphatic rings. The minimum atomic E-state index is -0.156. The fraction of sp³-hybridized carbons (Fsp3) is 0.417. The number of benzene rings is 1. The van der Waals surface area contributed by atoms with Gasteiger partial charge in [0.05, 0.1) is 16.6 Å². The van der Waals surface area contributed by atoms with Crippen molar-refractivity contribution in [3.63, 3.8) is 0 Å². The summed E-state index contributed by atoms with van der Waals surface area (Å²) in [5.74, 6) is 0.0858. The second kappa shape index (κ2) is 9.38. The summed E-state index contributed by atoms with van der Waals surface area (Å²) in [4.78, 5) is 49.8. The van der Waals surface area contributed by atoms with E-state index in [0.29, 0.717) is 58.3 Å². The molecule has 2 fully saturated rings. The molecule has 10 heteroatoms. The van der Waals surface area contributed by atoms with Crippen LogP contribution in [0.15, 0.2) is 35.4 Å². The summed E-state index contributed by atoms with van der Waals surface area (Å²) in [6, 6.07) is 7.73. The smallest absolute Gasteiger partial charge is 0.264 e. The summed E-state index contributed by atoms with van der Waals surface area (Å²) < 4.78 is 1.55. The molecule has 0 saturated carbocycles. The highest BCUT2D eigenvalue weighted by atomic mass is 35.5. The molecule has 0 aliphatic carbocycles. The molecule has 2 saturated heterocycles. The number of hydrogen-bond acceptors (Lipinski definition) is 6. The number of fused-ring (bicyclic) bond motifs is 1. The van der Waals surface area contributed by atoms with Gasteiger partial charge in [-0.3, -0.25) is 19.0 Å². The van der Waals surface area contributed by atoms with Gasteiger partial charge in [-0.1, -0.05) is 11.6 Å². The van der Waals surface area contributed by atoms with Crippen molar-refractivity contribution in [2.45, 2.75) is 26.3 Å². The van der Waals surface area contributed by atoms with Crippen molar-refractivity contribution in [1.29, 1.82) is 0 Å². The maximum absolute atomic E-state index is 13.3. The Bertz CT molecular complexity index is 1290. The van der Waals surface area contributed by atoms with E-state index >= 15 is 0 Å².